The fourth-order valence-electron chi connectivity index (χ4n) is 3.08. The molecule has 2 heterocycles. The fourth-order valence-corrected chi connectivity index (χ4v) is 4.25. The number of rotatable bonds is 7. The largest absolute Gasteiger partial charge is 0.495 e. The number of aromatic nitrogens is 1. The molecular formula is C19H14ClF4NO5S. The zero-order chi connectivity index (χ0) is 23.1. The third-order valence-corrected chi connectivity index (χ3v) is 5.76. The van der Waals surface area contributed by atoms with Crippen LogP contribution >= 0.6 is 22.9 Å². The van der Waals surface area contributed by atoms with Crippen molar-refractivity contribution in [1.82, 2.24) is 4.57 Å². The number of carbonyl (C=O) groups is 2. The van der Waals surface area contributed by atoms with Crippen molar-refractivity contribution in [2.45, 2.75) is 25.9 Å². The number of methoxy groups -OCH3 is 1. The lowest BCUT2D eigenvalue weighted by Gasteiger charge is -2.14. The SMILES string of the molecule is COc1ccc2c(c1Cl)c(CC(=O)O)c(C)n2C(=O)c1ccc(OC(F)(F)C(F)F)s1. The number of nitrogens with zero attached hydrogens (tertiary/aromatic N) is 1. The van der Waals surface area contributed by atoms with Gasteiger partial charge in [0.1, 0.15) is 5.75 Å². The van der Waals surface area contributed by atoms with Crippen LogP contribution in [0, 0.1) is 6.92 Å². The van der Waals surface area contributed by atoms with Gasteiger partial charge in [-0.3, -0.25) is 14.2 Å². The number of aliphatic carboxylic acids is 1. The van der Waals surface area contributed by atoms with Gasteiger partial charge in [-0.05, 0) is 36.8 Å². The molecular weight excluding hydrogens is 466 g/mol. The van der Waals surface area contributed by atoms with Crippen LogP contribution in [-0.2, 0) is 11.2 Å². The Hall–Kier alpha value is -2.79. The molecule has 0 radical (unpaired) electrons. The number of carboxylic acids is 1. The molecule has 0 atom stereocenters. The van der Waals surface area contributed by atoms with Crippen LogP contribution in [0.5, 0.6) is 10.8 Å². The molecule has 3 rings (SSSR count). The van der Waals surface area contributed by atoms with Gasteiger partial charge in [-0.15, -0.1) is 0 Å². The second-order valence-electron chi connectivity index (χ2n) is 6.33. The summed E-state index contributed by atoms with van der Waals surface area (Å²) in [5.74, 6) is -1.58. The van der Waals surface area contributed by atoms with E-state index in [1.165, 1.54) is 30.7 Å². The van der Waals surface area contributed by atoms with Crippen molar-refractivity contribution in [2.75, 3.05) is 7.11 Å². The Bertz CT molecular complexity index is 1170. The van der Waals surface area contributed by atoms with Gasteiger partial charge in [0.25, 0.3) is 5.91 Å². The third-order valence-electron chi connectivity index (χ3n) is 4.43. The number of fused-ring (bicyclic) bond motifs is 1. The number of hydrogen-bond donors (Lipinski definition) is 1. The topological polar surface area (TPSA) is 77.8 Å². The van der Waals surface area contributed by atoms with Crippen LogP contribution in [0.15, 0.2) is 24.3 Å². The smallest absolute Gasteiger partial charge is 0.461 e. The highest BCUT2D eigenvalue weighted by atomic mass is 35.5. The van der Waals surface area contributed by atoms with Crippen molar-refractivity contribution >= 4 is 45.7 Å². The van der Waals surface area contributed by atoms with Crippen LogP contribution in [0.25, 0.3) is 10.9 Å². The molecule has 0 spiro atoms. The fraction of sp³-hybridized carbons (Fsp3) is 0.263. The first-order valence-electron chi connectivity index (χ1n) is 8.55. The number of carboxylic acid groups (broad SMARTS) is 1. The molecule has 1 aromatic carbocycles. The summed E-state index contributed by atoms with van der Waals surface area (Å²) in [5, 5.41) is 9.11. The van der Waals surface area contributed by atoms with Crippen LogP contribution in [0.3, 0.4) is 0 Å². The molecule has 31 heavy (non-hydrogen) atoms. The molecule has 0 unspecified atom stereocenters. The number of halogens is 5. The number of hydrogen-bond acceptors (Lipinski definition) is 5. The number of carbonyl (C=O) groups excluding carboxylic acids is 1. The number of alkyl halides is 4. The van der Waals surface area contributed by atoms with Gasteiger partial charge in [-0.2, -0.15) is 17.6 Å². The molecule has 3 aromatic rings. The van der Waals surface area contributed by atoms with E-state index in [1.807, 2.05) is 0 Å². The molecule has 0 aliphatic rings. The second-order valence-corrected chi connectivity index (χ2v) is 7.76. The van der Waals surface area contributed by atoms with Gasteiger partial charge in [0.05, 0.1) is 28.9 Å². The lowest BCUT2D eigenvalue weighted by atomic mass is 10.1. The van der Waals surface area contributed by atoms with E-state index in [0.29, 0.717) is 16.7 Å². The highest BCUT2D eigenvalue weighted by Crippen LogP contribution is 2.39. The van der Waals surface area contributed by atoms with Crippen molar-refractivity contribution in [3.8, 4) is 10.8 Å². The molecule has 0 saturated carbocycles. The highest BCUT2D eigenvalue weighted by Gasteiger charge is 2.44. The highest BCUT2D eigenvalue weighted by molar-refractivity contribution is 7.15. The summed E-state index contributed by atoms with van der Waals surface area (Å²) in [4.78, 5) is 24.4. The third kappa shape index (κ3) is 4.19. The van der Waals surface area contributed by atoms with E-state index in [2.05, 4.69) is 4.74 Å². The standard InChI is InChI=1S/C19H14ClF4NO5S/c1-8-9(7-13(26)27)15-10(3-4-11(29-2)16(15)20)25(8)17(28)12-5-6-14(31-12)30-19(23,24)18(21)22/h3-6,18H,7H2,1-2H3,(H,26,27). The number of ether oxygens (including phenoxy) is 2. The lowest BCUT2D eigenvalue weighted by molar-refractivity contribution is -0.251. The maximum absolute atomic E-state index is 13.1. The number of thiophene rings is 1. The first-order valence-corrected chi connectivity index (χ1v) is 9.75. The quantitative estimate of drug-likeness (QED) is 0.470. The minimum atomic E-state index is -4.71. The first-order chi connectivity index (χ1) is 14.5. The van der Waals surface area contributed by atoms with E-state index >= 15 is 0 Å². The summed E-state index contributed by atoms with van der Waals surface area (Å²) in [7, 11) is 1.38. The first kappa shape index (κ1) is 22.9. The van der Waals surface area contributed by atoms with Gasteiger partial charge < -0.3 is 14.6 Å². The Labute approximate surface area is 181 Å². The van der Waals surface area contributed by atoms with Crippen molar-refractivity contribution in [3.05, 3.63) is 45.4 Å². The van der Waals surface area contributed by atoms with Gasteiger partial charge in [0.15, 0.2) is 5.06 Å². The van der Waals surface area contributed by atoms with Crippen LogP contribution in [0.1, 0.15) is 20.9 Å². The van der Waals surface area contributed by atoms with Crippen molar-refractivity contribution in [3.63, 3.8) is 0 Å². The zero-order valence-corrected chi connectivity index (χ0v) is 17.5. The van der Waals surface area contributed by atoms with Crippen LogP contribution in [0.2, 0.25) is 5.02 Å². The Balaban J connectivity index is 2.11. The van der Waals surface area contributed by atoms with Gasteiger partial charge in [0.2, 0.25) is 0 Å². The molecule has 0 aliphatic heterocycles. The molecule has 0 fully saturated rings. The molecule has 0 bridgehead atoms. The summed E-state index contributed by atoms with van der Waals surface area (Å²) in [5.41, 5.74) is 0.821. The molecule has 2 aromatic heterocycles. The van der Waals surface area contributed by atoms with E-state index < -0.39 is 35.9 Å². The summed E-state index contributed by atoms with van der Waals surface area (Å²) in [6.07, 6.45) is -9.19. The Morgan fingerprint density at radius 3 is 2.52 bits per heavy atom. The number of benzene rings is 1. The summed E-state index contributed by atoms with van der Waals surface area (Å²) < 4.78 is 61.3. The zero-order valence-electron chi connectivity index (χ0n) is 15.9. The summed E-state index contributed by atoms with van der Waals surface area (Å²) >= 11 is 6.81. The summed E-state index contributed by atoms with van der Waals surface area (Å²) in [6, 6.07) is 5.12. The van der Waals surface area contributed by atoms with Crippen molar-refractivity contribution < 1.29 is 41.7 Å². The van der Waals surface area contributed by atoms with E-state index in [0.717, 1.165) is 12.1 Å². The monoisotopic (exact) mass is 479 g/mol. The molecule has 12 heteroatoms. The van der Waals surface area contributed by atoms with Crippen LogP contribution in [0.4, 0.5) is 17.6 Å². The average molecular weight is 480 g/mol. The Morgan fingerprint density at radius 2 is 1.94 bits per heavy atom. The molecule has 0 amide bonds. The molecule has 0 aliphatic carbocycles. The van der Waals surface area contributed by atoms with Gasteiger partial charge in [-0.1, -0.05) is 22.9 Å². The predicted molar refractivity (Wildman–Crippen MR) is 105 cm³/mol. The lowest BCUT2D eigenvalue weighted by Crippen LogP contribution is -2.33. The molecule has 6 nitrogen and oxygen atoms in total. The minimum absolute atomic E-state index is 0.0890. The van der Waals surface area contributed by atoms with E-state index in [4.69, 9.17) is 16.3 Å². The predicted octanol–water partition coefficient (Wildman–Crippen LogP) is 5.23. The molecule has 1 N–H and O–H groups in total. The van der Waals surface area contributed by atoms with E-state index in [9.17, 15) is 32.3 Å². The summed E-state index contributed by atoms with van der Waals surface area (Å²) in [6.45, 7) is 1.51. The Kier molecular flexibility index (Phi) is 6.19. The molecule has 166 valence electrons. The maximum Gasteiger partial charge on any atom is 0.461 e. The van der Waals surface area contributed by atoms with Gasteiger partial charge in [-0.25, -0.2) is 0 Å². The normalized spacial score (nSPS) is 11.9. The van der Waals surface area contributed by atoms with Crippen molar-refractivity contribution in [1.29, 1.82) is 0 Å². The second kappa shape index (κ2) is 8.39. The van der Waals surface area contributed by atoms with Crippen LogP contribution in [-0.4, -0.2) is 41.2 Å². The molecule has 0 saturated heterocycles. The van der Waals surface area contributed by atoms with Crippen LogP contribution < -0.4 is 9.47 Å². The van der Waals surface area contributed by atoms with E-state index in [-0.39, 0.29) is 32.4 Å². The van der Waals surface area contributed by atoms with E-state index in [1.54, 1.807) is 0 Å². The maximum atomic E-state index is 13.1. The van der Waals surface area contributed by atoms with Gasteiger partial charge >= 0.3 is 18.5 Å². The average Bonchev–Trinajstić information content (AvgIpc) is 3.24. The minimum Gasteiger partial charge on any atom is -0.495 e. The van der Waals surface area contributed by atoms with Crippen molar-refractivity contribution in [2.24, 2.45) is 0 Å². The van der Waals surface area contributed by atoms with Gasteiger partial charge in [0, 0.05) is 11.1 Å². The Morgan fingerprint density at radius 1 is 1.26 bits per heavy atom.